The number of hydrogen-bond acceptors (Lipinski definition) is 3. The maximum atomic E-state index is 12.5. The maximum Gasteiger partial charge on any atom is 0.244 e. The van der Waals surface area contributed by atoms with Gasteiger partial charge in [-0.3, -0.25) is 4.79 Å². The number of rotatable bonds is 2. The fourth-order valence-corrected chi connectivity index (χ4v) is 3.01. The molecule has 4 nitrogen and oxygen atoms in total. The first-order valence-corrected chi connectivity index (χ1v) is 7.01. The molecule has 2 aliphatic heterocycles. The predicted octanol–water partition coefficient (Wildman–Crippen LogP) is 1.73. The molecule has 1 fully saturated rings. The Balaban J connectivity index is 1.87. The summed E-state index contributed by atoms with van der Waals surface area (Å²) in [6.07, 6.45) is 4.10. The van der Waals surface area contributed by atoms with Gasteiger partial charge in [-0.05, 0) is 56.0 Å². The lowest BCUT2D eigenvalue weighted by molar-refractivity contribution is -0.120. The highest BCUT2D eigenvalue weighted by molar-refractivity contribution is 5.98. The van der Waals surface area contributed by atoms with Crippen LogP contribution >= 0.6 is 0 Å². The first-order valence-electron chi connectivity index (χ1n) is 7.01. The van der Waals surface area contributed by atoms with Gasteiger partial charge in [0.15, 0.2) is 0 Å². The van der Waals surface area contributed by atoms with E-state index in [1.54, 1.807) is 7.11 Å². The number of ether oxygens (including phenoxy) is 1. The summed E-state index contributed by atoms with van der Waals surface area (Å²) in [6, 6.07) is 6.01. The Hall–Kier alpha value is -1.55. The standard InChI is InChI=1S/C15H20N2O2/c1-19-12-6-7-14-11(10-12)4-3-9-17(14)15(18)13-5-2-8-16-13/h6-7,10,13,16H,2-5,8-9H2,1H3/t13-/m0/s1. The molecule has 0 unspecified atom stereocenters. The van der Waals surface area contributed by atoms with Crippen LogP contribution in [0.4, 0.5) is 5.69 Å². The van der Waals surface area contributed by atoms with Gasteiger partial charge in [0.2, 0.25) is 5.91 Å². The third kappa shape index (κ3) is 2.32. The lowest BCUT2D eigenvalue weighted by atomic mass is 10.0. The average molecular weight is 260 g/mol. The van der Waals surface area contributed by atoms with Crippen molar-refractivity contribution in [3.8, 4) is 5.75 Å². The summed E-state index contributed by atoms with van der Waals surface area (Å²) in [5.41, 5.74) is 2.28. The van der Waals surface area contributed by atoms with Crippen LogP contribution in [-0.2, 0) is 11.2 Å². The Bertz CT molecular complexity index is 481. The summed E-state index contributed by atoms with van der Waals surface area (Å²) in [5, 5.41) is 3.29. The summed E-state index contributed by atoms with van der Waals surface area (Å²) in [5.74, 6) is 1.09. The SMILES string of the molecule is COc1ccc2c(c1)CCCN2C(=O)[C@@H]1CCCN1. The topological polar surface area (TPSA) is 41.6 Å². The number of benzene rings is 1. The number of amides is 1. The first kappa shape index (κ1) is 12.5. The molecular formula is C15H20N2O2. The predicted molar refractivity (Wildman–Crippen MR) is 74.7 cm³/mol. The van der Waals surface area contributed by atoms with Crippen molar-refractivity contribution in [2.45, 2.75) is 31.7 Å². The van der Waals surface area contributed by atoms with E-state index < -0.39 is 0 Å². The molecular weight excluding hydrogens is 240 g/mol. The van der Waals surface area contributed by atoms with Crippen LogP contribution in [-0.4, -0.2) is 32.1 Å². The lowest BCUT2D eigenvalue weighted by Crippen LogP contribution is -2.45. The number of methoxy groups -OCH3 is 1. The van der Waals surface area contributed by atoms with E-state index in [0.29, 0.717) is 0 Å². The van der Waals surface area contributed by atoms with E-state index in [4.69, 9.17) is 4.74 Å². The number of carbonyl (C=O) groups excluding carboxylic acids is 1. The molecule has 0 saturated carbocycles. The van der Waals surface area contributed by atoms with E-state index in [2.05, 4.69) is 11.4 Å². The van der Waals surface area contributed by atoms with Crippen molar-refractivity contribution in [3.05, 3.63) is 23.8 Å². The highest BCUT2D eigenvalue weighted by Gasteiger charge is 2.30. The Morgan fingerprint density at radius 2 is 2.32 bits per heavy atom. The molecule has 102 valence electrons. The molecule has 1 N–H and O–H groups in total. The van der Waals surface area contributed by atoms with Gasteiger partial charge in [-0.15, -0.1) is 0 Å². The normalized spacial score (nSPS) is 22.2. The van der Waals surface area contributed by atoms with Crippen LogP contribution in [0.25, 0.3) is 0 Å². The molecule has 0 aliphatic carbocycles. The van der Waals surface area contributed by atoms with E-state index in [1.165, 1.54) is 5.56 Å². The van der Waals surface area contributed by atoms with Crippen LogP contribution in [0.2, 0.25) is 0 Å². The third-order valence-electron chi connectivity index (χ3n) is 4.03. The first-order chi connectivity index (χ1) is 9.29. The molecule has 1 aromatic carbocycles. The largest absolute Gasteiger partial charge is 0.497 e. The van der Waals surface area contributed by atoms with Gasteiger partial charge in [0.1, 0.15) is 5.75 Å². The van der Waals surface area contributed by atoms with Crippen LogP contribution < -0.4 is 15.0 Å². The molecule has 19 heavy (non-hydrogen) atoms. The van der Waals surface area contributed by atoms with Crippen molar-refractivity contribution >= 4 is 11.6 Å². The molecule has 0 aromatic heterocycles. The second-order valence-electron chi connectivity index (χ2n) is 5.24. The van der Waals surface area contributed by atoms with Gasteiger partial charge in [-0.2, -0.15) is 0 Å². The molecule has 0 spiro atoms. The van der Waals surface area contributed by atoms with Crippen LogP contribution in [0.15, 0.2) is 18.2 Å². The van der Waals surface area contributed by atoms with E-state index >= 15 is 0 Å². The number of hydrogen-bond donors (Lipinski definition) is 1. The van der Waals surface area contributed by atoms with Gasteiger partial charge in [0, 0.05) is 12.2 Å². The van der Waals surface area contributed by atoms with Crippen molar-refractivity contribution in [1.29, 1.82) is 0 Å². The minimum absolute atomic E-state index is 0.00746. The Morgan fingerprint density at radius 1 is 1.42 bits per heavy atom. The molecule has 0 radical (unpaired) electrons. The molecule has 3 rings (SSSR count). The van der Waals surface area contributed by atoms with Gasteiger partial charge in [-0.1, -0.05) is 0 Å². The van der Waals surface area contributed by atoms with Gasteiger partial charge in [0.25, 0.3) is 0 Å². The summed E-state index contributed by atoms with van der Waals surface area (Å²) >= 11 is 0. The van der Waals surface area contributed by atoms with Crippen molar-refractivity contribution in [3.63, 3.8) is 0 Å². The summed E-state index contributed by atoms with van der Waals surface area (Å²) in [7, 11) is 1.68. The number of anilines is 1. The fourth-order valence-electron chi connectivity index (χ4n) is 3.01. The van der Waals surface area contributed by atoms with Gasteiger partial charge < -0.3 is 15.0 Å². The molecule has 2 heterocycles. The zero-order chi connectivity index (χ0) is 13.2. The second kappa shape index (κ2) is 5.21. The zero-order valence-corrected chi connectivity index (χ0v) is 11.3. The highest BCUT2D eigenvalue weighted by Crippen LogP contribution is 2.31. The lowest BCUT2D eigenvalue weighted by Gasteiger charge is -2.31. The summed E-state index contributed by atoms with van der Waals surface area (Å²) in [4.78, 5) is 14.5. The second-order valence-corrected chi connectivity index (χ2v) is 5.24. The van der Waals surface area contributed by atoms with Crippen molar-refractivity contribution in [1.82, 2.24) is 5.32 Å². The highest BCUT2D eigenvalue weighted by atomic mass is 16.5. The Kier molecular flexibility index (Phi) is 3.42. The van der Waals surface area contributed by atoms with Crippen molar-refractivity contribution in [2.24, 2.45) is 0 Å². The van der Waals surface area contributed by atoms with E-state index in [9.17, 15) is 4.79 Å². The third-order valence-corrected chi connectivity index (χ3v) is 4.03. The monoisotopic (exact) mass is 260 g/mol. The summed E-state index contributed by atoms with van der Waals surface area (Å²) in [6.45, 7) is 1.79. The van der Waals surface area contributed by atoms with Crippen molar-refractivity contribution < 1.29 is 9.53 Å². The average Bonchev–Trinajstić information content (AvgIpc) is 2.99. The minimum atomic E-state index is 0.00746. The van der Waals surface area contributed by atoms with Crippen LogP contribution in [0.1, 0.15) is 24.8 Å². The minimum Gasteiger partial charge on any atom is -0.497 e. The van der Waals surface area contributed by atoms with E-state index in [0.717, 1.165) is 50.2 Å². The molecule has 2 aliphatic rings. The Morgan fingerprint density at radius 3 is 3.05 bits per heavy atom. The van der Waals surface area contributed by atoms with E-state index in [1.807, 2.05) is 17.0 Å². The molecule has 0 bridgehead atoms. The smallest absolute Gasteiger partial charge is 0.244 e. The van der Waals surface area contributed by atoms with Crippen LogP contribution in [0.3, 0.4) is 0 Å². The summed E-state index contributed by atoms with van der Waals surface area (Å²) < 4.78 is 5.26. The molecule has 1 amide bonds. The molecule has 1 saturated heterocycles. The fraction of sp³-hybridized carbons (Fsp3) is 0.533. The number of carbonyl (C=O) groups is 1. The quantitative estimate of drug-likeness (QED) is 0.880. The van der Waals surface area contributed by atoms with E-state index in [-0.39, 0.29) is 11.9 Å². The molecule has 1 atom stereocenters. The van der Waals surface area contributed by atoms with Crippen molar-refractivity contribution in [2.75, 3.05) is 25.1 Å². The van der Waals surface area contributed by atoms with Gasteiger partial charge in [0.05, 0.1) is 13.2 Å². The number of fused-ring (bicyclic) bond motifs is 1. The maximum absolute atomic E-state index is 12.5. The number of aryl methyl sites for hydroxylation is 1. The molecule has 4 heteroatoms. The number of nitrogens with one attached hydrogen (secondary N) is 1. The molecule has 1 aromatic rings. The number of nitrogens with zero attached hydrogens (tertiary/aromatic N) is 1. The van der Waals surface area contributed by atoms with Crippen LogP contribution in [0, 0.1) is 0 Å². The zero-order valence-electron chi connectivity index (χ0n) is 11.3. The Labute approximate surface area is 113 Å². The van der Waals surface area contributed by atoms with Gasteiger partial charge in [-0.25, -0.2) is 0 Å². The van der Waals surface area contributed by atoms with Crippen LogP contribution in [0.5, 0.6) is 5.75 Å². The van der Waals surface area contributed by atoms with Gasteiger partial charge >= 0.3 is 0 Å².